The Balaban J connectivity index is 2.02. The first-order valence-electron chi connectivity index (χ1n) is 9.39. The Hall–Kier alpha value is -4.41. The monoisotopic (exact) mass is 439 g/mol. The van der Waals surface area contributed by atoms with Crippen molar-refractivity contribution in [2.45, 2.75) is 13.8 Å². The summed E-state index contributed by atoms with van der Waals surface area (Å²) in [5.41, 5.74) is 10.8. The molecule has 0 saturated heterocycles. The molecule has 2 amide bonds. The highest BCUT2D eigenvalue weighted by Crippen LogP contribution is 2.22. The van der Waals surface area contributed by atoms with Crippen molar-refractivity contribution in [3.63, 3.8) is 0 Å². The Morgan fingerprint density at radius 3 is 1.84 bits per heavy atom. The summed E-state index contributed by atoms with van der Waals surface area (Å²) in [4.78, 5) is 22.3. The predicted molar refractivity (Wildman–Crippen MR) is 125 cm³/mol. The average Bonchev–Trinajstić information content (AvgIpc) is 2.74. The van der Waals surface area contributed by atoms with Crippen LogP contribution in [0.5, 0.6) is 11.5 Å². The largest absolute Gasteiger partial charge is 0.496 e. The van der Waals surface area contributed by atoms with Crippen molar-refractivity contribution in [2.75, 3.05) is 24.9 Å². The molecule has 168 valence electrons. The molecule has 0 aliphatic carbocycles. The van der Waals surface area contributed by atoms with Gasteiger partial charge in [-0.15, -0.1) is 5.10 Å². The van der Waals surface area contributed by atoms with Gasteiger partial charge in [-0.05, 0) is 24.3 Å². The summed E-state index contributed by atoms with van der Waals surface area (Å²) in [5, 5.41) is 17.1. The number of hydrogen-bond acceptors (Lipinski definition) is 7. The number of amides is 2. The molecule has 11 heteroatoms. The van der Waals surface area contributed by atoms with E-state index in [0.717, 1.165) is 0 Å². The molecule has 32 heavy (non-hydrogen) atoms. The van der Waals surface area contributed by atoms with Gasteiger partial charge in [-0.1, -0.05) is 0 Å². The number of guanidine groups is 1. The van der Waals surface area contributed by atoms with Crippen LogP contribution >= 0.6 is 0 Å². The number of carbonyl (C=O) groups excluding carboxylic acids is 2. The Bertz CT molecular complexity index is 1060. The van der Waals surface area contributed by atoms with E-state index in [-0.39, 0.29) is 17.8 Å². The molecule has 0 aliphatic heterocycles. The van der Waals surface area contributed by atoms with Crippen LogP contribution in [0.4, 0.5) is 11.4 Å². The molecule has 0 atom stereocenters. The molecule has 0 fully saturated rings. The number of carbonyl (C=O) groups is 2. The summed E-state index contributed by atoms with van der Waals surface area (Å²) in [5.74, 6) is 0.625. The van der Waals surface area contributed by atoms with Gasteiger partial charge < -0.3 is 25.8 Å². The van der Waals surface area contributed by atoms with E-state index in [1.807, 2.05) is 0 Å². The molecule has 0 spiro atoms. The van der Waals surface area contributed by atoms with Crippen LogP contribution in [0.2, 0.25) is 0 Å². The molecule has 2 rings (SSSR count). The zero-order valence-electron chi connectivity index (χ0n) is 18.2. The van der Waals surface area contributed by atoms with Crippen LogP contribution in [-0.4, -0.2) is 44.4 Å². The van der Waals surface area contributed by atoms with Gasteiger partial charge in [0, 0.05) is 48.5 Å². The topological polar surface area (TPSA) is 152 Å². The number of rotatable bonds is 8. The highest BCUT2D eigenvalue weighted by Gasteiger charge is 2.05. The third kappa shape index (κ3) is 7.44. The lowest BCUT2D eigenvalue weighted by Gasteiger charge is -2.08. The summed E-state index contributed by atoms with van der Waals surface area (Å²) in [6.07, 6.45) is 2.95. The van der Waals surface area contributed by atoms with Crippen LogP contribution in [0.15, 0.2) is 51.7 Å². The minimum atomic E-state index is -0.182. The third-order valence-corrected chi connectivity index (χ3v) is 3.85. The first-order chi connectivity index (χ1) is 15.3. The van der Waals surface area contributed by atoms with Crippen LogP contribution in [0.3, 0.4) is 0 Å². The normalized spacial score (nSPS) is 11.4. The van der Waals surface area contributed by atoms with Crippen molar-refractivity contribution < 1.29 is 19.1 Å². The number of benzene rings is 2. The van der Waals surface area contributed by atoms with E-state index in [1.165, 1.54) is 40.5 Å². The van der Waals surface area contributed by atoms with Crippen molar-refractivity contribution >= 4 is 41.6 Å². The molecule has 0 bridgehead atoms. The third-order valence-electron chi connectivity index (χ3n) is 3.85. The molecule has 0 unspecified atom stereocenters. The number of nitrogens with two attached hydrogens (primary N) is 1. The molecular weight excluding hydrogens is 414 g/mol. The second-order valence-electron chi connectivity index (χ2n) is 6.38. The predicted octanol–water partition coefficient (Wildman–Crippen LogP) is 1.89. The summed E-state index contributed by atoms with van der Waals surface area (Å²) < 4.78 is 10.6. The van der Waals surface area contributed by atoms with E-state index in [4.69, 9.17) is 15.2 Å². The van der Waals surface area contributed by atoms with E-state index in [2.05, 4.69) is 31.4 Å². The SMILES string of the molecule is COc1cc(NC(C)=O)ccc1C=NN=C(N)NN=Cc1ccc(NC(C)=O)cc1OC. The van der Waals surface area contributed by atoms with Crippen LogP contribution in [0.1, 0.15) is 25.0 Å². The lowest BCUT2D eigenvalue weighted by Crippen LogP contribution is -2.26. The number of hydrazone groups is 1. The van der Waals surface area contributed by atoms with Crippen LogP contribution in [-0.2, 0) is 9.59 Å². The molecule has 2 aromatic carbocycles. The Kier molecular flexibility index (Phi) is 8.72. The number of anilines is 2. The first-order valence-corrected chi connectivity index (χ1v) is 9.39. The van der Waals surface area contributed by atoms with Gasteiger partial charge in [0.15, 0.2) is 0 Å². The zero-order valence-corrected chi connectivity index (χ0v) is 18.2. The van der Waals surface area contributed by atoms with Gasteiger partial charge in [0.25, 0.3) is 0 Å². The second kappa shape index (κ2) is 11.7. The van der Waals surface area contributed by atoms with E-state index < -0.39 is 0 Å². The van der Waals surface area contributed by atoms with Crippen molar-refractivity contribution in [3.05, 3.63) is 47.5 Å². The quantitative estimate of drug-likeness (QED) is 0.280. The van der Waals surface area contributed by atoms with Gasteiger partial charge >= 0.3 is 0 Å². The molecule has 0 heterocycles. The minimum Gasteiger partial charge on any atom is -0.496 e. The lowest BCUT2D eigenvalue weighted by atomic mass is 10.2. The Morgan fingerprint density at radius 2 is 1.38 bits per heavy atom. The van der Waals surface area contributed by atoms with Gasteiger partial charge in [0.1, 0.15) is 11.5 Å². The second-order valence-corrected chi connectivity index (χ2v) is 6.38. The maximum absolute atomic E-state index is 11.2. The molecule has 5 N–H and O–H groups in total. The molecule has 11 nitrogen and oxygen atoms in total. The number of nitrogens with zero attached hydrogens (tertiary/aromatic N) is 3. The molecule has 0 radical (unpaired) electrons. The molecule has 0 aromatic heterocycles. The molecule has 0 aliphatic rings. The number of hydrogen-bond donors (Lipinski definition) is 4. The smallest absolute Gasteiger partial charge is 0.234 e. The summed E-state index contributed by atoms with van der Waals surface area (Å²) in [6, 6.07) is 10.2. The number of ether oxygens (including phenoxy) is 2. The van der Waals surface area contributed by atoms with E-state index in [9.17, 15) is 9.59 Å². The Morgan fingerprint density at radius 1 is 0.875 bits per heavy atom. The minimum absolute atomic E-state index is 0.0415. The average molecular weight is 439 g/mol. The van der Waals surface area contributed by atoms with Gasteiger partial charge in [-0.25, -0.2) is 5.43 Å². The summed E-state index contributed by atoms with van der Waals surface area (Å²) in [7, 11) is 3.02. The van der Waals surface area contributed by atoms with Crippen LogP contribution < -0.4 is 31.3 Å². The van der Waals surface area contributed by atoms with Gasteiger partial charge in [0.2, 0.25) is 17.8 Å². The highest BCUT2D eigenvalue weighted by atomic mass is 16.5. The summed E-state index contributed by atoms with van der Waals surface area (Å²) in [6.45, 7) is 2.85. The van der Waals surface area contributed by atoms with E-state index in [1.54, 1.807) is 36.4 Å². The van der Waals surface area contributed by atoms with Crippen molar-refractivity contribution in [3.8, 4) is 11.5 Å². The van der Waals surface area contributed by atoms with E-state index in [0.29, 0.717) is 34.0 Å². The Labute approximate surface area is 185 Å². The fraction of sp³-hybridized carbons (Fsp3) is 0.190. The maximum atomic E-state index is 11.2. The lowest BCUT2D eigenvalue weighted by molar-refractivity contribution is -0.115. The van der Waals surface area contributed by atoms with Gasteiger partial charge in [-0.2, -0.15) is 10.2 Å². The fourth-order valence-electron chi connectivity index (χ4n) is 2.54. The van der Waals surface area contributed by atoms with Gasteiger partial charge in [-0.3, -0.25) is 9.59 Å². The highest BCUT2D eigenvalue weighted by molar-refractivity contribution is 5.92. The fourth-order valence-corrected chi connectivity index (χ4v) is 2.54. The first kappa shape index (κ1) is 23.9. The van der Waals surface area contributed by atoms with Crippen molar-refractivity contribution in [2.24, 2.45) is 21.0 Å². The summed E-state index contributed by atoms with van der Waals surface area (Å²) >= 11 is 0. The van der Waals surface area contributed by atoms with Crippen LogP contribution in [0.25, 0.3) is 0 Å². The van der Waals surface area contributed by atoms with E-state index >= 15 is 0 Å². The van der Waals surface area contributed by atoms with Crippen LogP contribution in [0, 0.1) is 0 Å². The van der Waals surface area contributed by atoms with Crippen molar-refractivity contribution in [1.29, 1.82) is 0 Å². The molecule has 2 aromatic rings. The van der Waals surface area contributed by atoms with Crippen molar-refractivity contribution in [1.82, 2.24) is 5.43 Å². The zero-order chi connectivity index (χ0) is 23.5. The number of methoxy groups -OCH3 is 2. The van der Waals surface area contributed by atoms with Gasteiger partial charge in [0.05, 0.1) is 26.6 Å². The standard InChI is InChI=1S/C21H25N7O4/c1-13(29)25-17-7-5-15(19(9-17)31-3)11-23-27-21(22)28-24-12-16-6-8-18(26-14(2)30)10-20(16)32-4/h5-12H,1-4H3,(H,25,29)(H,26,30)(H3,22,27,28). The molecule has 0 saturated carbocycles. The molecular formula is C21H25N7O4. The maximum Gasteiger partial charge on any atom is 0.234 e. The number of nitrogens with one attached hydrogen (secondary N) is 3.